The first-order valence-corrected chi connectivity index (χ1v) is 16.0. The minimum absolute atomic E-state index is 0.00846. The molecule has 5 aliphatic carbocycles. The summed E-state index contributed by atoms with van der Waals surface area (Å²) in [5.74, 6) is -1.89. The van der Waals surface area contributed by atoms with E-state index in [1.807, 2.05) is 27.7 Å². The van der Waals surface area contributed by atoms with E-state index >= 15 is 0 Å². The van der Waals surface area contributed by atoms with Crippen molar-refractivity contribution in [2.75, 3.05) is 0 Å². The normalized spacial score (nSPS) is 45.3. The highest BCUT2D eigenvalue weighted by molar-refractivity contribution is 5.99. The Labute approximate surface area is 250 Å². The Bertz CT molecular complexity index is 1240. The standard InChI is InChI=1S/C35H50O7/c1-10-18(2)19(3)30(40)31(42-23(7)37)21(5)29-26(41-22(6)36)16-33(9)27-15-25(39)28-20(4)24(38)11-12-35(28)17-34(27,35)14-13-32(29,33)8/h11-12,18,20-21,25-29,31,39H,3,10,13-17H2,1-2,4-9H3/t18-,20+,21-,25+,26-,27-,28+,29-,31+,32+,33-,34-,35+/m0/s1. The van der Waals surface area contributed by atoms with E-state index in [1.54, 1.807) is 6.08 Å². The van der Waals surface area contributed by atoms with Crippen LogP contribution in [0.5, 0.6) is 0 Å². The van der Waals surface area contributed by atoms with Crippen molar-refractivity contribution < 1.29 is 33.8 Å². The van der Waals surface area contributed by atoms with Crippen LogP contribution in [0.3, 0.4) is 0 Å². The van der Waals surface area contributed by atoms with Gasteiger partial charge in [0.1, 0.15) is 6.10 Å². The van der Waals surface area contributed by atoms with Gasteiger partial charge in [-0.05, 0) is 78.3 Å². The molecule has 5 aliphatic rings. The van der Waals surface area contributed by atoms with Crippen LogP contribution in [0.2, 0.25) is 0 Å². The maximum Gasteiger partial charge on any atom is 0.303 e. The fourth-order valence-corrected chi connectivity index (χ4v) is 11.1. The van der Waals surface area contributed by atoms with Crippen LogP contribution in [-0.2, 0) is 28.7 Å². The van der Waals surface area contributed by atoms with Crippen molar-refractivity contribution in [3.8, 4) is 0 Å². The quantitative estimate of drug-likeness (QED) is 0.292. The van der Waals surface area contributed by atoms with Crippen LogP contribution in [0.4, 0.5) is 0 Å². The highest BCUT2D eigenvalue weighted by Gasteiger charge is 2.83. The van der Waals surface area contributed by atoms with E-state index in [0.29, 0.717) is 18.4 Å². The van der Waals surface area contributed by atoms with Crippen LogP contribution in [-0.4, -0.2) is 46.9 Å². The molecule has 2 spiro atoms. The van der Waals surface area contributed by atoms with Gasteiger partial charge in [-0.25, -0.2) is 0 Å². The second kappa shape index (κ2) is 10.1. The van der Waals surface area contributed by atoms with Gasteiger partial charge in [0.05, 0.1) is 6.10 Å². The molecule has 1 N–H and O–H groups in total. The molecule has 13 atom stereocenters. The van der Waals surface area contributed by atoms with Gasteiger partial charge in [0.15, 0.2) is 17.7 Å². The number of hydrogen-bond acceptors (Lipinski definition) is 7. The van der Waals surface area contributed by atoms with Crippen molar-refractivity contribution in [1.29, 1.82) is 0 Å². The molecule has 4 fully saturated rings. The first kappa shape index (κ1) is 31.2. The van der Waals surface area contributed by atoms with E-state index in [2.05, 4.69) is 26.5 Å². The topological polar surface area (TPSA) is 107 Å². The van der Waals surface area contributed by atoms with Crippen LogP contribution in [0.25, 0.3) is 0 Å². The molecule has 42 heavy (non-hydrogen) atoms. The molecule has 0 amide bonds. The average molecular weight is 583 g/mol. The van der Waals surface area contributed by atoms with Gasteiger partial charge in [-0.15, -0.1) is 0 Å². The molecule has 0 saturated heterocycles. The lowest BCUT2D eigenvalue weighted by molar-refractivity contribution is -0.170. The lowest BCUT2D eigenvalue weighted by Gasteiger charge is -2.61. The average Bonchev–Trinajstić information content (AvgIpc) is 3.50. The Morgan fingerprint density at radius 2 is 1.79 bits per heavy atom. The molecule has 7 nitrogen and oxygen atoms in total. The maximum atomic E-state index is 13.8. The molecule has 0 aliphatic heterocycles. The maximum absolute atomic E-state index is 13.8. The summed E-state index contributed by atoms with van der Waals surface area (Å²) in [7, 11) is 0. The van der Waals surface area contributed by atoms with E-state index in [1.165, 1.54) is 13.8 Å². The van der Waals surface area contributed by atoms with Crippen LogP contribution >= 0.6 is 0 Å². The number of rotatable bonds is 8. The smallest absolute Gasteiger partial charge is 0.303 e. The second-order valence-corrected chi connectivity index (χ2v) is 15.1. The number of Topliss-reactive ketones (excluding diaryl/α,β-unsaturated/α-hetero) is 1. The third kappa shape index (κ3) is 4.07. The lowest BCUT2D eigenvalue weighted by atomic mass is 9.43. The van der Waals surface area contributed by atoms with E-state index < -0.39 is 30.2 Å². The van der Waals surface area contributed by atoms with Gasteiger partial charge in [-0.1, -0.05) is 54.2 Å². The van der Waals surface area contributed by atoms with E-state index in [-0.39, 0.29) is 68.8 Å². The molecule has 5 rings (SSSR count). The molecule has 7 heteroatoms. The van der Waals surface area contributed by atoms with Crippen LogP contribution in [0.15, 0.2) is 24.3 Å². The first-order valence-electron chi connectivity index (χ1n) is 16.0. The van der Waals surface area contributed by atoms with E-state index in [9.17, 15) is 24.3 Å². The fourth-order valence-electron chi connectivity index (χ4n) is 11.1. The third-order valence-electron chi connectivity index (χ3n) is 13.5. The molecule has 0 bridgehead atoms. The Kier molecular flexibility index (Phi) is 7.52. The number of ketones is 2. The van der Waals surface area contributed by atoms with E-state index in [4.69, 9.17) is 9.47 Å². The van der Waals surface area contributed by atoms with Crippen molar-refractivity contribution in [1.82, 2.24) is 0 Å². The van der Waals surface area contributed by atoms with Crippen molar-refractivity contribution in [3.05, 3.63) is 24.3 Å². The Morgan fingerprint density at radius 1 is 1.12 bits per heavy atom. The summed E-state index contributed by atoms with van der Waals surface area (Å²) in [6, 6.07) is 0. The molecule has 232 valence electrons. The zero-order valence-electron chi connectivity index (χ0n) is 26.7. The number of allylic oxidation sites excluding steroid dienone is 2. The molecule has 0 unspecified atom stereocenters. The molecule has 0 radical (unpaired) electrons. The predicted molar refractivity (Wildman–Crippen MR) is 158 cm³/mol. The summed E-state index contributed by atoms with van der Waals surface area (Å²) in [5, 5.41) is 11.6. The van der Waals surface area contributed by atoms with Gasteiger partial charge in [0.25, 0.3) is 0 Å². The molecule has 0 aromatic carbocycles. The Balaban J connectivity index is 1.56. The first-order chi connectivity index (χ1) is 19.5. The SMILES string of the molecule is C=C(C(=O)[C@H](OC(C)=O)[C@@H](C)[C@H]1[C@@H](OC(C)=O)C[C@@]2(C)[C@@H]3C[C@@H](O)[C@H]4[C@H](C)C(=O)C=C[C@@]45C[C@@]35CC[C@]12C)[C@@H](C)CC. The van der Waals surface area contributed by atoms with Gasteiger partial charge < -0.3 is 14.6 Å². The van der Waals surface area contributed by atoms with Gasteiger partial charge in [0, 0.05) is 42.9 Å². The van der Waals surface area contributed by atoms with Gasteiger partial charge in [0.2, 0.25) is 0 Å². The second-order valence-electron chi connectivity index (χ2n) is 15.1. The van der Waals surface area contributed by atoms with Gasteiger partial charge >= 0.3 is 11.9 Å². The fraction of sp³-hybridized carbons (Fsp3) is 0.771. The highest BCUT2D eigenvalue weighted by atomic mass is 16.6. The molecule has 0 aromatic rings. The van der Waals surface area contributed by atoms with Crippen LogP contribution in [0.1, 0.15) is 93.9 Å². The van der Waals surface area contributed by atoms with Crippen molar-refractivity contribution >= 4 is 23.5 Å². The molecule has 4 saturated carbocycles. The van der Waals surface area contributed by atoms with Crippen LogP contribution < -0.4 is 0 Å². The summed E-state index contributed by atoms with van der Waals surface area (Å²) < 4.78 is 11.9. The molecule has 0 aromatic heterocycles. The Hall–Kier alpha value is -2.28. The number of ether oxygens (including phenoxy) is 2. The van der Waals surface area contributed by atoms with Crippen LogP contribution in [0, 0.1) is 57.2 Å². The number of aliphatic hydroxyl groups is 1. The largest absolute Gasteiger partial charge is 0.462 e. The van der Waals surface area contributed by atoms with Gasteiger partial charge in [-0.2, -0.15) is 0 Å². The Morgan fingerprint density at radius 3 is 2.38 bits per heavy atom. The monoisotopic (exact) mass is 582 g/mol. The predicted octanol–water partition coefficient (Wildman–Crippen LogP) is 5.63. The number of carbonyl (C=O) groups excluding carboxylic acids is 4. The molecular weight excluding hydrogens is 532 g/mol. The molecule has 0 heterocycles. The number of carbonyl (C=O) groups is 4. The summed E-state index contributed by atoms with van der Waals surface area (Å²) >= 11 is 0. The minimum Gasteiger partial charge on any atom is -0.462 e. The minimum atomic E-state index is -1.02. The number of aliphatic hydroxyl groups excluding tert-OH is 1. The van der Waals surface area contributed by atoms with E-state index in [0.717, 1.165) is 25.7 Å². The summed E-state index contributed by atoms with van der Waals surface area (Å²) in [6.45, 7) is 19.3. The van der Waals surface area contributed by atoms with Crippen molar-refractivity contribution in [2.24, 2.45) is 57.2 Å². The van der Waals surface area contributed by atoms with Crippen molar-refractivity contribution in [3.63, 3.8) is 0 Å². The zero-order valence-corrected chi connectivity index (χ0v) is 26.7. The summed E-state index contributed by atoms with van der Waals surface area (Å²) in [4.78, 5) is 51.3. The number of esters is 2. The lowest BCUT2D eigenvalue weighted by Crippen LogP contribution is -2.58. The summed E-state index contributed by atoms with van der Waals surface area (Å²) in [5.41, 5.74) is -0.406. The number of fused-ring (bicyclic) bond motifs is 2. The number of hydrogen-bond donors (Lipinski definition) is 1. The van der Waals surface area contributed by atoms with Crippen molar-refractivity contribution in [2.45, 2.75) is 112 Å². The zero-order chi connectivity index (χ0) is 31.2. The highest BCUT2D eigenvalue weighted by Crippen LogP contribution is 2.87. The third-order valence-corrected chi connectivity index (χ3v) is 13.5. The molecular formula is C35H50O7. The summed E-state index contributed by atoms with van der Waals surface area (Å²) in [6.07, 6.45) is 6.53. The van der Waals surface area contributed by atoms with Gasteiger partial charge in [-0.3, -0.25) is 19.2 Å².